The van der Waals surface area contributed by atoms with Gasteiger partial charge in [-0.1, -0.05) is 13.8 Å². The summed E-state index contributed by atoms with van der Waals surface area (Å²) in [5.41, 5.74) is 0. The van der Waals surface area contributed by atoms with E-state index in [4.69, 9.17) is 0 Å². The second-order valence-corrected chi connectivity index (χ2v) is 3.09. The van der Waals surface area contributed by atoms with Crippen molar-refractivity contribution in [3.05, 3.63) is 0 Å². The zero-order chi connectivity index (χ0) is 11.6. The number of hydrogen-bond donors (Lipinski definition) is 0. The Bertz CT molecular complexity index is 209. The molecule has 0 saturated heterocycles. The van der Waals surface area contributed by atoms with E-state index in [1.165, 1.54) is 13.8 Å². The molecule has 0 aromatic rings. The number of halogens is 5. The van der Waals surface area contributed by atoms with Gasteiger partial charge in [-0.15, -0.1) is 0 Å². The van der Waals surface area contributed by atoms with Crippen LogP contribution in [0.4, 0.5) is 22.0 Å². The molecule has 0 bridgehead atoms. The van der Waals surface area contributed by atoms with Crippen LogP contribution in [0.5, 0.6) is 0 Å². The number of ether oxygens (including phenoxy) is 1. The number of alkyl halides is 5. The average molecular weight is 220 g/mol. The van der Waals surface area contributed by atoms with Crippen LogP contribution in [0.15, 0.2) is 0 Å². The van der Waals surface area contributed by atoms with E-state index >= 15 is 0 Å². The normalized spacial score (nSPS) is 13.1. The largest absolute Gasteiger partial charge is 0.501 e. The van der Waals surface area contributed by atoms with Gasteiger partial charge in [-0.05, 0) is 5.92 Å². The second-order valence-electron chi connectivity index (χ2n) is 3.09. The highest BCUT2D eigenvalue weighted by atomic mass is 19.4. The second kappa shape index (κ2) is 4.10. The Labute approximate surface area is 77.0 Å². The van der Waals surface area contributed by atoms with Crippen molar-refractivity contribution in [2.24, 2.45) is 5.92 Å². The lowest BCUT2D eigenvalue weighted by atomic mass is 10.1. The van der Waals surface area contributed by atoms with Crippen LogP contribution < -0.4 is 0 Å². The quantitative estimate of drug-likeness (QED) is 0.540. The molecule has 0 heterocycles. The standard InChI is InChI=1S/C7H9F5O2/c1-4(2)3-5(13)14-7(11,12)6(8,9)10/h4H,3H2,1-2H3. The Morgan fingerprint density at radius 1 is 1.21 bits per heavy atom. The summed E-state index contributed by atoms with van der Waals surface area (Å²) < 4.78 is 61.7. The Morgan fingerprint density at radius 2 is 1.64 bits per heavy atom. The SMILES string of the molecule is CC(C)CC(=O)OC(F)(F)C(F)(F)F. The predicted octanol–water partition coefficient (Wildman–Crippen LogP) is 2.73. The van der Waals surface area contributed by atoms with Crippen molar-refractivity contribution in [2.45, 2.75) is 32.6 Å². The smallest absolute Gasteiger partial charge is 0.394 e. The molecule has 0 saturated carbocycles. The maximum absolute atomic E-state index is 12.1. The lowest BCUT2D eigenvalue weighted by Crippen LogP contribution is -2.41. The van der Waals surface area contributed by atoms with Crippen molar-refractivity contribution in [1.29, 1.82) is 0 Å². The third kappa shape index (κ3) is 3.89. The van der Waals surface area contributed by atoms with Crippen LogP contribution in [0.2, 0.25) is 0 Å². The maximum Gasteiger partial charge on any atom is 0.501 e. The molecular formula is C7H9F5O2. The van der Waals surface area contributed by atoms with E-state index in [0.29, 0.717) is 0 Å². The molecule has 84 valence electrons. The first kappa shape index (κ1) is 13.1. The minimum atomic E-state index is -5.86. The monoisotopic (exact) mass is 220 g/mol. The molecule has 0 aliphatic heterocycles. The van der Waals surface area contributed by atoms with Gasteiger partial charge < -0.3 is 4.74 Å². The van der Waals surface area contributed by atoms with Crippen LogP contribution >= 0.6 is 0 Å². The van der Waals surface area contributed by atoms with Crippen LogP contribution in [0.25, 0.3) is 0 Å². The van der Waals surface area contributed by atoms with Crippen molar-refractivity contribution in [3.8, 4) is 0 Å². The van der Waals surface area contributed by atoms with E-state index in [0.717, 1.165) is 0 Å². The third-order valence-electron chi connectivity index (χ3n) is 1.15. The van der Waals surface area contributed by atoms with Crippen LogP contribution in [0, 0.1) is 5.92 Å². The van der Waals surface area contributed by atoms with Gasteiger partial charge in [0.05, 0.1) is 0 Å². The van der Waals surface area contributed by atoms with Crippen LogP contribution in [-0.4, -0.2) is 18.3 Å². The number of esters is 1. The molecule has 0 rings (SSSR count). The molecule has 7 heteroatoms. The highest BCUT2D eigenvalue weighted by molar-refractivity contribution is 5.69. The zero-order valence-corrected chi connectivity index (χ0v) is 7.49. The molecule has 0 atom stereocenters. The van der Waals surface area contributed by atoms with Crippen LogP contribution in [0.1, 0.15) is 20.3 Å². The summed E-state index contributed by atoms with van der Waals surface area (Å²) in [5.74, 6) is -1.91. The molecule has 0 radical (unpaired) electrons. The summed E-state index contributed by atoms with van der Waals surface area (Å²) in [5, 5.41) is 0. The average Bonchev–Trinajstić information content (AvgIpc) is 1.79. The highest BCUT2D eigenvalue weighted by Crippen LogP contribution is 2.36. The van der Waals surface area contributed by atoms with Crippen molar-refractivity contribution in [3.63, 3.8) is 0 Å². The van der Waals surface area contributed by atoms with Gasteiger partial charge in [-0.2, -0.15) is 22.0 Å². The van der Waals surface area contributed by atoms with Gasteiger partial charge in [0.25, 0.3) is 0 Å². The molecule has 0 amide bonds. The molecule has 0 aromatic heterocycles. The Morgan fingerprint density at radius 3 is 1.93 bits per heavy atom. The first-order valence-electron chi connectivity index (χ1n) is 3.72. The zero-order valence-electron chi connectivity index (χ0n) is 7.49. The van der Waals surface area contributed by atoms with Crippen LogP contribution in [-0.2, 0) is 9.53 Å². The lowest BCUT2D eigenvalue weighted by Gasteiger charge is -2.19. The van der Waals surface area contributed by atoms with Gasteiger partial charge in [0.1, 0.15) is 0 Å². The minimum Gasteiger partial charge on any atom is -0.394 e. The van der Waals surface area contributed by atoms with E-state index in [9.17, 15) is 26.7 Å². The minimum absolute atomic E-state index is 0.341. The molecule has 0 spiro atoms. The van der Waals surface area contributed by atoms with Gasteiger partial charge in [0, 0.05) is 6.42 Å². The predicted molar refractivity (Wildman–Crippen MR) is 36.5 cm³/mol. The topological polar surface area (TPSA) is 26.3 Å². The molecule has 0 fully saturated rings. The van der Waals surface area contributed by atoms with E-state index in [1.54, 1.807) is 0 Å². The van der Waals surface area contributed by atoms with Gasteiger partial charge in [-0.3, -0.25) is 4.79 Å². The fourth-order valence-electron chi connectivity index (χ4n) is 0.576. The Kier molecular flexibility index (Phi) is 3.84. The fraction of sp³-hybridized carbons (Fsp3) is 0.857. The summed E-state index contributed by atoms with van der Waals surface area (Å²) >= 11 is 0. The van der Waals surface area contributed by atoms with Gasteiger partial charge in [0.15, 0.2) is 0 Å². The maximum atomic E-state index is 12.1. The fourth-order valence-corrected chi connectivity index (χ4v) is 0.576. The van der Waals surface area contributed by atoms with Gasteiger partial charge >= 0.3 is 18.3 Å². The number of rotatable bonds is 3. The van der Waals surface area contributed by atoms with E-state index < -0.39 is 24.7 Å². The number of carbonyl (C=O) groups is 1. The molecule has 2 nitrogen and oxygen atoms in total. The summed E-state index contributed by atoms with van der Waals surface area (Å²) in [6, 6.07) is 0. The summed E-state index contributed by atoms with van der Waals surface area (Å²) in [7, 11) is 0. The van der Waals surface area contributed by atoms with E-state index in [1.807, 2.05) is 0 Å². The van der Waals surface area contributed by atoms with Crippen LogP contribution in [0.3, 0.4) is 0 Å². The van der Waals surface area contributed by atoms with Gasteiger partial charge in [0.2, 0.25) is 0 Å². The molecule has 14 heavy (non-hydrogen) atoms. The lowest BCUT2D eigenvalue weighted by molar-refractivity contribution is -0.376. The van der Waals surface area contributed by atoms with Crippen molar-refractivity contribution in [1.82, 2.24) is 0 Å². The Balaban J connectivity index is 4.30. The summed E-state index contributed by atoms with van der Waals surface area (Å²) in [6.07, 6.45) is -11.7. The van der Waals surface area contributed by atoms with Crippen molar-refractivity contribution >= 4 is 5.97 Å². The third-order valence-corrected chi connectivity index (χ3v) is 1.15. The number of carbonyl (C=O) groups excluding carboxylic acids is 1. The highest BCUT2D eigenvalue weighted by Gasteiger charge is 2.62. The van der Waals surface area contributed by atoms with Crippen molar-refractivity contribution < 1.29 is 31.5 Å². The molecule has 0 unspecified atom stereocenters. The summed E-state index contributed by atoms with van der Waals surface area (Å²) in [6.45, 7) is 2.99. The molecule has 0 aliphatic carbocycles. The first-order valence-corrected chi connectivity index (χ1v) is 3.72. The molecule has 0 aromatic carbocycles. The summed E-state index contributed by atoms with van der Waals surface area (Å²) in [4.78, 5) is 10.5. The molecule has 0 N–H and O–H groups in total. The molecular weight excluding hydrogens is 211 g/mol. The van der Waals surface area contributed by atoms with Gasteiger partial charge in [-0.25, -0.2) is 0 Å². The number of hydrogen-bond acceptors (Lipinski definition) is 2. The Hall–Kier alpha value is -0.880. The first-order chi connectivity index (χ1) is 6.06. The van der Waals surface area contributed by atoms with E-state index in [-0.39, 0.29) is 5.92 Å². The van der Waals surface area contributed by atoms with Crippen molar-refractivity contribution in [2.75, 3.05) is 0 Å². The molecule has 0 aliphatic rings. The van der Waals surface area contributed by atoms with E-state index in [2.05, 4.69) is 4.74 Å².